The Hall–Kier alpha value is -0.750. The van der Waals surface area contributed by atoms with Gasteiger partial charge in [0.25, 0.3) is 0 Å². The van der Waals surface area contributed by atoms with Gasteiger partial charge in [0.2, 0.25) is 0 Å². The first-order valence-electron chi connectivity index (χ1n) is 6.02. The number of anilines is 1. The van der Waals surface area contributed by atoms with Gasteiger partial charge in [-0.3, -0.25) is 4.98 Å². The fraction of sp³-hybridized carbons (Fsp3) is 0.583. The number of thioether (sulfide) groups is 1. The van der Waals surface area contributed by atoms with Gasteiger partial charge in [0.1, 0.15) is 9.84 Å². The van der Waals surface area contributed by atoms with Crippen molar-refractivity contribution in [2.45, 2.75) is 41.1 Å². The monoisotopic (exact) mass is 286 g/mol. The largest absolute Gasteiger partial charge is 0.397 e. The SMILES string of the molecule is CS(=O)(=O)C1CCCC(Sc2ccncc2N)C1. The van der Waals surface area contributed by atoms with Crippen LogP contribution in [0.3, 0.4) is 0 Å². The minimum atomic E-state index is -2.92. The summed E-state index contributed by atoms with van der Waals surface area (Å²) in [5.74, 6) is 0. The summed E-state index contributed by atoms with van der Waals surface area (Å²) in [4.78, 5) is 4.96. The van der Waals surface area contributed by atoms with Gasteiger partial charge in [-0.15, -0.1) is 11.8 Å². The lowest BCUT2D eigenvalue weighted by atomic mass is 10.00. The molecule has 100 valence electrons. The number of hydrogen-bond acceptors (Lipinski definition) is 5. The van der Waals surface area contributed by atoms with Crippen LogP contribution in [0, 0.1) is 0 Å². The molecule has 0 saturated heterocycles. The van der Waals surface area contributed by atoms with Gasteiger partial charge in [-0.25, -0.2) is 8.42 Å². The van der Waals surface area contributed by atoms with Gasteiger partial charge >= 0.3 is 0 Å². The quantitative estimate of drug-likeness (QED) is 0.921. The zero-order valence-electron chi connectivity index (χ0n) is 10.4. The molecule has 6 heteroatoms. The summed E-state index contributed by atoms with van der Waals surface area (Å²) in [5, 5.41) is 0.148. The molecule has 0 spiro atoms. The van der Waals surface area contributed by atoms with Gasteiger partial charge < -0.3 is 5.73 Å². The highest BCUT2D eigenvalue weighted by atomic mass is 32.2. The number of rotatable bonds is 3. The normalized spacial score (nSPS) is 24.9. The van der Waals surface area contributed by atoms with Crippen molar-refractivity contribution in [3.05, 3.63) is 18.5 Å². The summed E-state index contributed by atoms with van der Waals surface area (Å²) < 4.78 is 23.2. The summed E-state index contributed by atoms with van der Waals surface area (Å²) >= 11 is 1.68. The fourth-order valence-electron chi connectivity index (χ4n) is 2.28. The Morgan fingerprint density at radius 3 is 2.89 bits per heavy atom. The van der Waals surface area contributed by atoms with E-state index in [1.165, 1.54) is 6.26 Å². The first-order chi connectivity index (χ1) is 8.47. The van der Waals surface area contributed by atoms with Crippen molar-refractivity contribution in [2.75, 3.05) is 12.0 Å². The maximum atomic E-state index is 11.6. The van der Waals surface area contributed by atoms with Crippen molar-refractivity contribution in [2.24, 2.45) is 0 Å². The fourth-order valence-corrected chi connectivity index (χ4v) is 4.88. The Balaban J connectivity index is 2.05. The first-order valence-corrected chi connectivity index (χ1v) is 8.85. The third kappa shape index (κ3) is 3.38. The number of pyridine rings is 1. The average Bonchev–Trinajstić information content (AvgIpc) is 2.31. The second-order valence-corrected chi connectivity index (χ2v) is 8.44. The molecule has 0 amide bonds. The molecule has 18 heavy (non-hydrogen) atoms. The van der Waals surface area contributed by atoms with E-state index in [1.54, 1.807) is 24.2 Å². The maximum Gasteiger partial charge on any atom is 0.150 e. The topological polar surface area (TPSA) is 73.0 Å². The Kier molecular flexibility index (Phi) is 4.17. The predicted molar refractivity (Wildman–Crippen MR) is 75.4 cm³/mol. The van der Waals surface area contributed by atoms with Crippen molar-refractivity contribution >= 4 is 27.3 Å². The Morgan fingerprint density at radius 2 is 2.22 bits per heavy atom. The van der Waals surface area contributed by atoms with Crippen LogP contribution in [0.4, 0.5) is 5.69 Å². The van der Waals surface area contributed by atoms with E-state index in [-0.39, 0.29) is 5.25 Å². The van der Waals surface area contributed by atoms with Gasteiger partial charge in [-0.2, -0.15) is 0 Å². The summed E-state index contributed by atoms with van der Waals surface area (Å²) in [6.45, 7) is 0. The van der Waals surface area contributed by atoms with E-state index in [4.69, 9.17) is 5.73 Å². The second kappa shape index (κ2) is 5.48. The van der Waals surface area contributed by atoms with Crippen molar-refractivity contribution in [3.8, 4) is 0 Å². The number of nitrogen functional groups attached to an aromatic ring is 1. The van der Waals surface area contributed by atoms with Crippen molar-refractivity contribution in [1.82, 2.24) is 4.98 Å². The molecule has 2 rings (SSSR count). The van der Waals surface area contributed by atoms with Gasteiger partial charge in [-0.05, 0) is 25.3 Å². The Bertz CT molecular complexity index is 517. The number of nitrogens with zero attached hydrogens (tertiary/aromatic N) is 1. The molecule has 0 radical (unpaired) electrons. The van der Waals surface area contributed by atoms with Crippen LogP contribution >= 0.6 is 11.8 Å². The lowest BCUT2D eigenvalue weighted by molar-refractivity contribution is 0.495. The molecule has 1 aromatic heterocycles. The van der Waals surface area contributed by atoms with E-state index in [0.717, 1.165) is 30.6 Å². The van der Waals surface area contributed by atoms with Crippen LogP contribution in [0.15, 0.2) is 23.4 Å². The summed E-state index contributed by atoms with van der Waals surface area (Å²) in [6.07, 6.45) is 8.24. The number of sulfone groups is 1. The summed E-state index contributed by atoms with van der Waals surface area (Å²) in [7, 11) is -2.92. The lowest BCUT2D eigenvalue weighted by Gasteiger charge is -2.27. The van der Waals surface area contributed by atoms with Gasteiger partial charge in [0.05, 0.1) is 17.1 Å². The molecule has 1 aliphatic rings. The van der Waals surface area contributed by atoms with Gasteiger partial charge in [0.15, 0.2) is 0 Å². The molecule has 4 nitrogen and oxygen atoms in total. The van der Waals surface area contributed by atoms with Crippen LogP contribution in [-0.4, -0.2) is 30.2 Å². The highest BCUT2D eigenvalue weighted by Gasteiger charge is 2.29. The van der Waals surface area contributed by atoms with Crippen molar-refractivity contribution in [1.29, 1.82) is 0 Å². The third-order valence-electron chi connectivity index (χ3n) is 3.29. The Labute approximate surface area is 112 Å². The highest BCUT2D eigenvalue weighted by molar-refractivity contribution is 8.00. The molecule has 1 saturated carbocycles. The average molecular weight is 286 g/mol. The van der Waals surface area contributed by atoms with Crippen molar-refractivity contribution < 1.29 is 8.42 Å². The zero-order chi connectivity index (χ0) is 13.2. The predicted octanol–water partition coefficient (Wildman–Crippen LogP) is 2.11. The number of aromatic nitrogens is 1. The smallest absolute Gasteiger partial charge is 0.150 e. The highest BCUT2D eigenvalue weighted by Crippen LogP contribution is 2.37. The molecule has 1 aliphatic carbocycles. The van der Waals surface area contributed by atoms with Crippen LogP contribution in [-0.2, 0) is 9.84 Å². The molecule has 0 aliphatic heterocycles. The zero-order valence-corrected chi connectivity index (χ0v) is 12.0. The minimum Gasteiger partial charge on any atom is -0.397 e. The number of hydrogen-bond donors (Lipinski definition) is 1. The van der Waals surface area contributed by atoms with Gasteiger partial charge in [0, 0.05) is 22.6 Å². The minimum absolute atomic E-state index is 0.188. The van der Waals surface area contributed by atoms with E-state index in [2.05, 4.69) is 4.98 Å². The van der Waals surface area contributed by atoms with Crippen LogP contribution in [0.5, 0.6) is 0 Å². The summed E-state index contributed by atoms with van der Waals surface area (Å²) in [5.41, 5.74) is 6.53. The molecular formula is C12H18N2O2S2. The molecular weight excluding hydrogens is 268 g/mol. The van der Waals surface area contributed by atoms with Crippen LogP contribution in [0.1, 0.15) is 25.7 Å². The maximum absolute atomic E-state index is 11.6. The van der Waals surface area contributed by atoms with Crippen LogP contribution in [0.25, 0.3) is 0 Å². The van der Waals surface area contributed by atoms with E-state index in [0.29, 0.717) is 10.9 Å². The lowest BCUT2D eigenvalue weighted by Crippen LogP contribution is -2.28. The third-order valence-corrected chi connectivity index (χ3v) is 6.31. The summed E-state index contributed by atoms with van der Waals surface area (Å²) in [6, 6.07) is 1.89. The molecule has 2 unspecified atom stereocenters. The molecule has 1 aromatic rings. The van der Waals surface area contributed by atoms with E-state index in [9.17, 15) is 8.42 Å². The van der Waals surface area contributed by atoms with Crippen molar-refractivity contribution in [3.63, 3.8) is 0 Å². The van der Waals surface area contributed by atoms with Crippen LogP contribution < -0.4 is 5.73 Å². The second-order valence-electron chi connectivity index (χ2n) is 4.77. The molecule has 2 atom stereocenters. The molecule has 1 fully saturated rings. The molecule has 0 bridgehead atoms. The Morgan fingerprint density at radius 1 is 1.44 bits per heavy atom. The molecule has 0 aromatic carbocycles. The molecule has 1 heterocycles. The van der Waals surface area contributed by atoms with E-state index < -0.39 is 9.84 Å². The van der Waals surface area contributed by atoms with E-state index in [1.807, 2.05) is 6.07 Å². The van der Waals surface area contributed by atoms with Crippen LogP contribution in [0.2, 0.25) is 0 Å². The first kappa shape index (κ1) is 13.7. The number of nitrogens with two attached hydrogens (primary N) is 1. The molecule has 2 N–H and O–H groups in total. The standard InChI is InChI=1S/C12H18N2O2S2/c1-18(15,16)10-4-2-3-9(7-10)17-12-5-6-14-8-11(12)13/h5-6,8-10H,2-4,7,13H2,1H3. The van der Waals surface area contributed by atoms with E-state index >= 15 is 0 Å². The van der Waals surface area contributed by atoms with Gasteiger partial charge in [-0.1, -0.05) is 6.42 Å².